The van der Waals surface area contributed by atoms with Crippen LogP contribution in [0.15, 0.2) is 48.5 Å². The molecule has 2 nitrogen and oxygen atoms in total. The Bertz CT molecular complexity index is 769. The maximum Gasteiger partial charge on any atom is 0.115 e. The van der Waals surface area contributed by atoms with Crippen molar-refractivity contribution in [2.75, 3.05) is 14.1 Å². The van der Waals surface area contributed by atoms with Gasteiger partial charge in [0.1, 0.15) is 5.60 Å². The molecule has 4 rings (SSSR count). The monoisotopic (exact) mass is 443 g/mol. The fourth-order valence-electron chi connectivity index (χ4n) is 6.02. The van der Waals surface area contributed by atoms with Crippen molar-refractivity contribution in [3.63, 3.8) is 0 Å². The molecule has 2 saturated heterocycles. The molecule has 1 unspecified atom stereocenters. The van der Waals surface area contributed by atoms with E-state index in [-0.39, 0.29) is 17.0 Å². The highest BCUT2D eigenvalue weighted by Gasteiger charge is 2.50. The fourth-order valence-corrected chi connectivity index (χ4v) is 6.02. The Balaban J connectivity index is 0.00000225. The lowest BCUT2D eigenvalue weighted by atomic mass is 9.73. The molecule has 2 bridgehead atoms. The number of benzene rings is 2. The lowest BCUT2D eigenvalue weighted by Gasteiger charge is -2.46. The normalized spacial score (nSPS) is 26.0. The van der Waals surface area contributed by atoms with Crippen LogP contribution in [0.1, 0.15) is 54.4 Å². The van der Waals surface area contributed by atoms with Gasteiger partial charge in [0, 0.05) is 25.7 Å². The Morgan fingerprint density at radius 2 is 1.29 bits per heavy atom. The Morgan fingerprint density at radius 3 is 1.71 bits per heavy atom. The van der Waals surface area contributed by atoms with Crippen molar-refractivity contribution in [3.05, 3.63) is 70.8 Å². The van der Waals surface area contributed by atoms with E-state index in [2.05, 4.69) is 76.5 Å². The van der Waals surface area contributed by atoms with Crippen molar-refractivity contribution in [1.82, 2.24) is 0 Å². The van der Waals surface area contributed by atoms with E-state index in [1.54, 1.807) is 0 Å². The molecule has 2 aromatic carbocycles. The highest BCUT2D eigenvalue weighted by Crippen LogP contribution is 2.47. The highest BCUT2D eigenvalue weighted by atomic mass is 79.9. The first-order valence-corrected chi connectivity index (χ1v) is 10.5. The first kappa shape index (κ1) is 21.5. The number of piperidine rings is 1. The predicted molar refractivity (Wildman–Crippen MR) is 112 cm³/mol. The number of rotatable bonds is 4. The van der Waals surface area contributed by atoms with Crippen LogP contribution in [-0.2, 0) is 5.60 Å². The minimum Gasteiger partial charge on any atom is -1.00 e. The van der Waals surface area contributed by atoms with Crippen molar-refractivity contribution < 1.29 is 26.6 Å². The van der Waals surface area contributed by atoms with Gasteiger partial charge in [-0.2, -0.15) is 0 Å². The molecule has 2 fully saturated rings. The molecule has 152 valence electrons. The molecule has 3 heteroatoms. The van der Waals surface area contributed by atoms with E-state index in [9.17, 15) is 5.11 Å². The zero-order chi connectivity index (χ0) is 19.2. The summed E-state index contributed by atoms with van der Waals surface area (Å²) in [6.45, 7) is 4.26. The molecular formula is C25H34BrNO. The molecule has 0 amide bonds. The van der Waals surface area contributed by atoms with Gasteiger partial charge in [0.25, 0.3) is 0 Å². The second kappa shape index (κ2) is 7.93. The molecule has 2 heterocycles. The molecule has 2 aliphatic heterocycles. The minimum atomic E-state index is -0.907. The van der Waals surface area contributed by atoms with E-state index in [4.69, 9.17) is 0 Å². The lowest BCUT2D eigenvalue weighted by molar-refractivity contribution is -0.931. The highest BCUT2D eigenvalue weighted by molar-refractivity contribution is 5.43. The van der Waals surface area contributed by atoms with Gasteiger partial charge in [-0.1, -0.05) is 48.5 Å². The van der Waals surface area contributed by atoms with Crippen molar-refractivity contribution >= 4 is 0 Å². The van der Waals surface area contributed by atoms with E-state index in [1.165, 1.54) is 41.3 Å². The molecule has 0 saturated carbocycles. The van der Waals surface area contributed by atoms with Crippen LogP contribution in [0.25, 0.3) is 0 Å². The number of fused-ring (bicyclic) bond motifs is 2. The van der Waals surface area contributed by atoms with Gasteiger partial charge in [0.05, 0.1) is 26.2 Å². The Morgan fingerprint density at radius 1 is 0.857 bits per heavy atom. The zero-order valence-electron chi connectivity index (χ0n) is 17.7. The van der Waals surface area contributed by atoms with Crippen LogP contribution in [0.3, 0.4) is 0 Å². The van der Waals surface area contributed by atoms with E-state index >= 15 is 0 Å². The predicted octanol–water partition coefficient (Wildman–Crippen LogP) is 1.95. The molecule has 0 aliphatic carbocycles. The van der Waals surface area contributed by atoms with Crippen LogP contribution in [-0.4, -0.2) is 35.8 Å². The number of quaternary nitrogens is 1. The lowest BCUT2D eigenvalue weighted by Crippen LogP contribution is -3.00. The Kier molecular flexibility index (Phi) is 6.10. The van der Waals surface area contributed by atoms with Gasteiger partial charge < -0.3 is 26.6 Å². The zero-order valence-corrected chi connectivity index (χ0v) is 19.2. The van der Waals surface area contributed by atoms with Crippen LogP contribution >= 0.6 is 0 Å². The van der Waals surface area contributed by atoms with Crippen molar-refractivity contribution in [2.45, 2.75) is 63.6 Å². The van der Waals surface area contributed by atoms with Crippen LogP contribution in [0.4, 0.5) is 0 Å². The number of aliphatic hydroxyl groups is 1. The third-order valence-electron chi connectivity index (χ3n) is 7.69. The van der Waals surface area contributed by atoms with E-state index in [1.807, 2.05) is 0 Å². The van der Waals surface area contributed by atoms with Gasteiger partial charge in [-0.3, -0.25) is 0 Å². The average Bonchev–Trinajstić information content (AvgIpc) is 2.80. The van der Waals surface area contributed by atoms with Crippen LogP contribution in [0.5, 0.6) is 0 Å². The third-order valence-corrected chi connectivity index (χ3v) is 7.69. The summed E-state index contributed by atoms with van der Waals surface area (Å²) in [6, 6.07) is 18.3. The smallest absolute Gasteiger partial charge is 0.115 e. The molecule has 0 radical (unpaired) electrons. The molecule has 3 atom stereocenters. The standard InChI is InChI=1S/C25H34NO.BrH/c1-18-9-5-7-11-23(18)25(27,24-12-8-6-10-19(24)2)17-20-15-21-13-14-22(16-20)26(21,3)4;/h5-12,20-22,27H,13-17H2,1-4H3;1H/q+1;/p-1/t20?,21-,22+;. The number of halogens is 1. The topological polar surface area (TPSA) is 20.2 Å². The molecule has 2 aliphatic rings. The number of nitrogens with zero attached hydrogens (tertiary/aromatic N) is 1. The first-order chi connectivity index (χ1) is 12.8. The summed E-state index contributed by atoms with van der Waals surface area (Å²) in [4.78, 5) is 0. The van der Waals surface area contributed by atoms with Gasteiger partial charge in [-0.05, 0) is 48.4 Å². The van der Waals surface area contributed by atoms with Crippen LogP contribution in [0, 0.1) is 19.8 Å². The average molecular weight is 444 g/mol. The summed E-state index contributed by atoms with van der Waals surface area (Å²) >= 11 is 0. The maximum absolute atomic E-state index is 12.2. The van der Waals surface area contributed by atoms with Crippen LogP contribution < -0.4 is 17.0 Å². The molecular weight excluding hydrogens is 410 g/mol. The summed E-state index contributed by atoms with van der Waals surface area (Å²) in [5.41, 5.74) is 3.60. The fraction of sp³-hybridized carbons (Fsp3) is 0.520. The summed E-state index contributed by atoms with van der Waals surface area (Å²) < 4.78 is 1.18. The summed E-state index contributed by atoms with van der Waals surface area (Å²) in [6.07, 6.45) is 6.01. The quantitative estimate of drug-likeness (QED) is 0.715. The van der Waals surface area contributed by atoms with Crippen molar-refractivity contribution in [1.29, 1.82) is 0 Å². The number of aryl methyl sites for hydroxylation is 2. The number of hydrogen-bond acceptors (Lipinski definition) is 1. The van der Waals surface area contributed by atoms with Gasteiger partial charge in [-0.25, -0.2) is 0 Å². The largest absolute Gasteiger partial charge is 1.00 e. The molecule has 0 spiro atoms. The second-order valence-corrected chi connectivity index (χ2v) is 9.55. The minimum absolute atomic E-state index is 0. The van der Waals surface area contributed by atoms with Crippen LogP contribution in [0.2, 0.25) is 0 Å². The van der Waals surface area contributed by atoms with E-state index in [0.717, 1.165) is 29.6 Å². The Hall–Kier alpha value is -1.16. The Labute approximate surface area is 180 Å². The van der Waals surface area contributed by atoms with E-state index < -0.39 is 5.60 Å². The van der Waals surface area contributed by atoms with Crippen molar-refractivity contribution in [3.8, 4) is 0 Å². The molecule has 1 N–H and O–H groups in total. The molecule has 2 aromatic rings. The summed E-state index contributed by atoms with van der Waals surface area (Å²) in [7, 11) is 4.82. The molecule has 28 heavy (non-hydrogen) atoms. The first-order valence-electron chi connectivity index (χ1n) is 10.5. The maximum atomic E-state index is 12.2. The van der Waals surface area contributed by atoms with Gasteiger partial charge in [-0.15, -0.1) is 0 Å². The summed E-state index contributed by atoms with van der Waals surface area (Å²) in [5.74, 6) is 0.581. The van der Waals surface area contributed by atoms with E-state index in [0.29, 0.717) is 5.92 Å². The van der Waals surface area contributed by atoms with Gasteiger partial charge in [0.2, 0.25) is 0 Å². The third kappa shape index (κ3) is 3.58. The van der Waals surface area contributed by atoms with Gasteiger partial charge >= 0.3 is 0 Å². The number of hydrogen-bond donors (Lipinski definition) is 1. The second-order valence-electron chi connectivity index (χ2n) is 9.55. The summed E-state index contributed by atoms with van der Waals surface area (Å²) in [5, 5.41) is 12.2. The van der Waals surface area contributed by atoms with Gasteiger partial charge in [0.15, 0.2) is 0 Å². The SMILES string of the molecule is Cc1ccccc1C(O)(CC1C[C@H]2CC[C@@H](C1)[N+]2(C)C)c1ccccc1C.[Br-]. The molecule has 0 aromatic heterocycles. The van der Waals surface area contributed by atoms with Crippen molar-refractivity contribution in [2.24, 2.45) is 5.92 Å².